The van der Waals surface area contributed by atoms with Crippen LogP contribution < -0.4 is 11.5 Å². The van der Waals surface area contributed by atoms with Crippen molar-refractivity contribution in [1.29, 1.82) is 0 Å². The number of halogens is 1. The number of nitrogens with two attached hydrogens (primary N) is 2. The van der Waals surface area contributed by atoms with Gasteiger partial charge in [-0.05, 0) is 17.7 Å². The maximum absolute atomic E-state index is 11.1. The predicted molar refractivity (Wildman–Crippen MR) is 76.3 cm³/mol. The molecule has 1 heterocycles. The Kier molecular flexibility index (Phi) is 6.24. The van der Waals surface area contributed by atoms with Crippen LogP contribution in [-0.4, -0.2) is 43.2 Å². The minimum absolute atomic E-state index is 0. The Balaban J connectivity index is 0.00000180. The molecule has 6 heteroatoms. The first-order valence-electron chi connectivity index (χ1n) is 6.12. The predicted octanol–water partition coefficient (Wildman–Crippen LogP) is 0.367. The van der Waals surface area contributed by atoms with Gasteiger partial charge in [-0.25, -0.2) is 0 Å². The summed E-state index contributed by atoms with van der Waals surface area (Å²) in [4.78, 5) is 13.4. The van der Waals surface area contributed by atoms with Gasteiger partial charge in [0.1, 0.15) is 0 Å². The maximum Gasteiger partial charge on any atom is 0.248 e. The number of hydrogen-bond acceptors (Lipinski definition) is 4. The molecule has 19 heavy (non-hydrogen) atoms. The van der Waals surface area contributed by atoms with Crippen molar-refractivity contribution < 1.29 is 9.53 Å². The molecular formula is C13H20ClN3O2. The molecule has 1 aromatic carbocycles. The second-order valence-corrected chi connectivity index (χ2v) is 4.53. The van der Waals surface area contributed by atoms with E-state index in [2.05, 4.69) is 4.90 Å². The summed E-state index contributed by atoms with van der Waals surface area (Å²) in [5.74, 6) is -0.390. The fraction of sp³-hybridized carbons (Fsp3) is 0.462. The SMILES string of the molecule is Cl.NCC1CN(Cc2cccc(C(N)=O)c2)CCO1. The number of amides is 1. The number of benzene rings is 1. The van der Waals surface area contributed by atoms with E-state index >= 15 is 0 Å². The second-order valence-electron chi connectivity index (χ2n) is 4.53. The third kappa shape index (κ3) is 4.47. The second kappa shape index (κ2) is 7.45. The molecule has 0 spiro atoms. The number of rotatable bonds is 4. The normalized spacial score (nSPS) is 19.7. The Labute approximate surface area is 119 Å². The molecule has 5 nitrogen and oxygen atoms in total. The molecule has 2 rings (SSSR count). The van der Waals surface area contributed by atoms with E-state index in [0.29, 0.717) is 18.7 Å². The number of hydrogen-bond donors (Lipinski definition) is 2. The van der Waals surface area contributed by atoms with Crippen molar-refractivity contribution in [2.24, 2.45) is 11.5 Å². The molecule has 4 N–H and O–H groups in total. The highest BCUT2D eigenvalue weighted by Crippen LogP contribution is 2.11. The third-order valence-electron chi connectivity index (χ3n) is 3.10. The van der Waals surface area contributed by atoms with E-state index in [9.17, 15) is 4.79 Å². The summed E-state index contributed by atoms with van der Waals surface area (Å²) >= 11 is 0. The molecule has 0 radical (unpaired) electrons. The van der Waals surface area contributed by atoms with Crippen molar-refractivity contribution in [3.8, 4) is 0 Å². The van der Waals surface area contributed by atoms with Crippen LogP contribution in [0.2, 0.25) is 0 Å². The van der Waals surface area contributed by atoms with Crippen molar-refractivity contribution in [2.45, 2.75) is 12.6 Å². The fourth-order valence-electron chi connectivity index (χ4n) is 2.15. The standard InChI is InChI=1S/C13H19N3O2.ClH/c14-7-12-9-16(4-5-18-12)8-10-2-1-3-11(6-10)13(15)17;/h1-3,6,12H,4-5,7-9,14H2,(H2,15,17);1H. The molecule has 106 valence electrons. The average molecular weight is 286 g/mol. The van der Waals surface area contributed by atoms with Crippen molar-refractivity contribution in [1.82, 2.24) is 4.90 Å². The molecular weight excluding hydrogens is 266 g/mol. The summed E-state index contributed by atoms with van der Waals surface area (Å²) in [5.41, 5.74) is 12.5. The fourth-order valence-corrected chi connectivity index (χ4v) is 2.15. The van der Waals surface area contributed by atoms with Crippen LogP contribution in [0, 0.1) is 0 Å². The molecule has 0 aromatic heterocycles. The van der Waals surface area contributed by atoms with Crippen molar-refractivity contribution in [3.63, 3.8) is 0 Å². The molecule has 1 aliphatic rings. The zero-order valence-electron chi connectivity index (χ0n) is 10.7. The molecule has 0 aliphatic carbocycles. The molecule has 1 fully saturated rings. The van der Waals surface area contributed by atoms with Crippen molar-refractivity contribution >= 4 is 18.3 Å². The van der Waals surface area contributed by atoms with Gasteiger partial charge in [0.25, 0.3) is 0 Å². The number of primary amides is 1. The number of carbonyl (C=O) groups excluding carboxylic acids is 1. The van der Waals surface area contributed by atoms with Crippen LogP contribution in [0.4, 0.5) is 0 Å². The minimum atomic E-state index is -0.390. The first kappa shape index (κ1) is 15.9. The van der Waals surface area contributed by atoms with E-state index in [4.69, 9.17) is 16.2 Å². The van der Waals surface area contributed by atoms with E-state index in [1.165, 1.54) is 0 Å². The van der Waals surface area contributed by atoms with Crippen LogP contribution in [0.3, 0.4) is 0 Å². The Bertz CT molecular complexity index is 428. The van der Waals surface area contributed by atoms with Gasteiger partial charge in [0.15, 0.2) is 0 Å². The first-order valence-corrected chi connectivity index (χ1v) is 6.12. The summed E-state index contributed by atoms with van der Waals surface area (Å²) in [7, 11) is 0. The molecule has 1 amide bonds. The first-order chi connectivity index (χ1) is 8.69. The highest BCUT2D eigenvalue weighted by molar-refractivity contribution is 5.92. The van der Waals surface area contributed by atoms with Crippen LogP contribution >= 0.6 is 12.4 Å². The number of morpholine rings is 1. The molecule has 1 aliphatic heterocycles. The monoisotopic (exact) mass is 285 g/mol. The molecule has 0 bridgehead atoms. The molecule has 1 unspecified atom stereocenters. The lowest BCUT2D eigenvalue weighted by atomic mass is 10.1. The van der Waals surface area contributed by atoms with Crippen LogP contribution in [0.5, 0.6) is 0 Å². The smallest absolute Gasteiger partial charge is 0.248 e. The highest BCUT2D eigenvalue weighted by Gasteiger charge is 2.19. The summed E-state index contributed by atoms with van der Waals surface area (Å²) < 4.78 is 5.52. The molecule has 1 saturated heterocycles. The average Bonchev–Trinajstić information content (AvgIpc) is 2.39. The van der Waals surface area contributed by atoms with Crippen LogP contribution in [0.25, 0.3) is 0 Å². The van der Waals surface area contributed by atoms with Crippen molar-refractivity contribution in [2.75, 3.05) is 26.2 Å². The van der Waals surface area contributed by atoms with Gasteiger partial charge >= 0.3 is 0 Å². The summed E-state index contributed by atoms with van der Waals surface area (Å²) in [5, 5.41) is 0. The molecule has 0 saturated carbocycles. The third-order valence-corrected chi connectivity index (χ3v) is 3.10. The van der Waals surface area contributed by atoms with Gasteiger partial charge in [0, 0.05) is 31.7 Å². The number of carbonyl (C=O) groups is 1. The largest absolute Gasteiger partial charge is 0.374 e. The van der Waals surface area contributed by atoms with Gasteiger partial charge in [-0.1, -0.05) is 12.1 Å². The lowest BCUT2D eigenvalue weighted by Crippen LogP contribution is -2.45. The zero-order valence-corrected chi connectivity index (χ0v) is 11.6. The van der Waals surface area contributed by atoms with Crippen LogP contribution in [0.1, 0.15) is 15.9 Å². The maximum atomic E-state index is 11.1. The Hall–Kier alpha value is -1.14. The highest BCUT2D eigenvalue weighted by atomic mass is 35.5. The lowest BCUT2D eigenvalue weighted by Gasteiger charge is -2.32. The lowest BCUT2D eigenvalue weighted by molar-refractivity contribution is -0.0260. The topological polar surface area (TPSA) is 81.6 Å². The van der Waals surface area contributed by atoms with Gasteiger partial charge in [-0.15, -0.1) is 12.4 Å². The summed E-state index contributed by atoms with van der Waals surface area (Å²) in [6, 6.07) is 7.43. The quantitative estimate of drug-likeness (QED) is 0.837. The van der Waals surface area contributed by atoms with Crippen molar-refractivity contribution in [3.05, 3.63) is 35.4 Å². The Morgan fingerprint density at radius 3 is 2.95 bits per heavy atom. The number of ether oxygens (including phenoxy) is 1. The van der Waals surface area contributed by atoms with Gasteiger partial charge < -0.3 is 16.2 Å². The van der Waals surface area contributed by atoms with E-state index in [-0.39, 0.29) is 18.5 Å². The zero-order chi connectivity index (χ0) is 13.0. The summed E-state index contributed by atoms with van der Waals surface area (Å²) in [6.45, 7) is 3.75. The molecule has 1 atom stereocenters. The van der Waals surface area contributed by atoms with E-state index < -0.39 is 5.91 Å². The molecule has 1 aromatic rings. The Morgan fingerprint density at radius 2 is 2.26 bits per heavy atom. The van der Waals surface area contributed by atoms with E-state index in [1.54, 1.807) is 6.07 Å². The van der Waals surface area contributed by atoms with E-state index in [1.807, 2.05) is 18.2 Å². The van der Waals surface area contributed by atoms with Gasteiger partial charge in [-0.3, -0.25) is 9.69 Å². The van der Waals surface area contributed by atoms with E-state index in [0.717, 1.165) is 25.2 Å². The van der Waals surface area contributed by atoms with Gasteiger partial charge in [0.05, 0.1) is 12.7 Å². The van der Waals surface area contributed by atoms with Crippen LogP contribution in [-0.2, 0) is 11.3 Å². The minimum Gasteiger partial charge on any atom is -0.374 e. The number of nitrogens with zero attached hydrogens (tertiary/aromatic N) is 1. The van der Waals surface area contributed by atoms with Gasteiger partial charge in [0.2, 0.25) is 5.91 Å². The summed E-state index contributed by atoms with van der Waals surface area (Å²) in [6.07, 6.45) is 0.109. The Morgan fingerprint density at radius 1 is 1.47 bits per heavy atom. The van der Waals surface area contributed by atoms with Gasteiger partial charge in [-0.2, -0.15) is 0 Å². The van der Waals surface area contributed by atoms with Crippen LogP contribution in [0.15, 0.2) is 24.3 Å².